The monoisotopic (exact) mass is 255 g/mol. The first-order chi connectivity index (χ1) is 8.03. The third kappa shape index (κ3) is 2.60. The molecule has 0 radical (unpaired) electrons. The summed E-state index contributed by atoms with van der Waals surface area (Å²) in [7, 11) is 0. The molecule has 0 aliphatic carbocycles. The number of hydrogen-bond donors (Lipinski definition) is 0. The lowest BCUT2D eigenvalue weighted by Crippen LogP contribution is -2.20. The Morgan fingerprint density at radius 1 is 1.47 bits per heavy atom. The van der Waals surface area contributed by atoms with Crippen molar-refractivity contribution in [2.75, 3.05) is 6.61 Å². The van der Waals surface area contributed by atoms with Gasteiger partial charge >= 0.3 is 0 Å². The van der Waals surface area contributed by atoms with Crippen molar-refractivity contribution < 1.29 is 9.13 Å². The lowest BCUT2D eigenvalue weighted by Gasteiger charge is -2.19. The van der Waals surface area contributed by atoms with E-state index in [9.17, 15) is 4.39 Å². The molecule has 0 amide bonds. The van der Waals surface area contributed by atoms with E-state index >= 15 is 0 Å². The lowest BCUT2D eigenvalue weighted by atomic mass is 9.94. The van der Waals surface area contributed by atoms with Gasteiger partial charge in [-0.15, -0.1) is 0 Å². The zero-order valence-corrected chi connectivity index (χ0v) is 10.7. The van der Waals surface area contributed by atoms with E-state index in [4.69, 9.17) is 16.3 Å². The largest absolute Gasteiger partial charge is 0.478 e. The van der Waals surface area contributed by atoms with Crippen LogP contribution in [0.1, 0.15) is 32.3 Å². The first-order valence-corrected chi connectivity index (χ1v) is 6.09. The van der Waals surface area contributed by atoms with Crippen molar-refractivity contribution in [2.45, 2.75) is 32.2 Å². The van der Waals surface area contributed by atoms with Gasteiger partial charge < -0.3 is 4.74 Å². The minimum Gasteiger partial charge on any atom is -0.478 e. The summed E-state index contributed by atoms with van der Waals surface area (Å²) in [6.45, 7) is 4.45. The van der Waals surface area contributed by atoms with Crippen LogP contribution in [0, 0.1) is 5.82 Å². The van der Waals surface area contributed by atoms with E-state index in [1.54, 1.807) is 6.07 Å². The summed E-state index contributed by atoms with van der Waals surface area (Å²) in [5.41, 5.74) is 0.240. The summed E-state index contributed by atoms with van der Waals surface area (Å²) in [5, 5.41) is 0.389. The molecule has 0 N–H and O–H groups in total. The van der Waals surface area contributed by atoms with E-state index < -0.39 is 5.54 Å². The smallest absolute Gasteiger partial charge is 0.184 e. The average molecular weight is 256 g/mol. The minimum atomic E-state index is -0.518. The van der Waals surface area contributed by atoms with Crippen molar-refractivity contribution in [3.8, 4) is 0 Å². The van der Waals surface area contributed by atoms with Crippen molar-refractivity contribution in [1.29, 1.82) is 0 Å². The van der Waals surface area contributed by atoms with Gasteiger partial charge in [0.15, 0.2) is 5.90 Å². The van der Waals surface area contributed by atoms with Crippen LogP contribution in [-0.2, 0) is 10.3 Å². The molecule has 4 heteroatoms. The standard InChI is InChI=1S/C13H15ClFNO/c1-3-4-12-16-13(2,8-17-12)9-5-10(14)7-11(15)6-9/h5-7H,3-4,8H2,1-2H3. The van der Waals surface area contributed by atoms with Crippen LogP contribution >= 0.6 is 11.6 Å². The summed E-state index contributed by atoms with van der Waals surface area (Å²) in [6.07, 6.45) is 1.80. The molecule has 92 valence electrons. The predicted octanol–water partition coefficient (Wildman–Crippen LogP) is 3.92. The molecule has 0 saturated carbocycles. The quantitative estimate of drug-likeness (QED) is 0.802. The van der Waals surface area contributed by atoms with E-state index in [2.05, 4.69) is 11.9 Å². The Balaban J connectivity index is 2.33. The van der Waals surface area contributed by atoms with Crippen LogP contribution in [0.5, 0.6) is 0 Å². The Morgan fingerprint density at radius 3 is 2.88 bits per heavy atom. The predicted molar refractivity (Wildman–Crippen MR) is 67.1 cm³/mol. The molecule has 1 unspecified atom stereocenters. The van der Waals surface area contributed by atoms with Crippen molar-refractivity contribution >= 4 is 17.5 Å². The zero-order valence-electron chi connectivity index (χ0n) is 9.96. The number of rotatable bonds is 3. The molecule has 1 aliphatic heterocycles. The summed E-state index contributed by atoms with van der Waals surface area (Å²) in [6, 6.07) is 4.50. The fraction of sp³-hybridized carbons (Fsp3) is 0.462. The van der Waals surface area contributed by atoms with Gasteiger partial charge in [-0.3, -0.25) is 0 Å². The molecule has 0 bridgehead atoms. The second kappa shape index (κ2) is 4.65. The number of benzene rings is 1. The Morgan fingerprint density at radius 2 is 2.24 bits per heavy atom. The van der Waals surface area contributed by atoms with E-state index in [-0.39, 0.29) is 5.82 Å². The summed E-state index contributed by atoms with van der Waals surface area (Å²) in [4.78, 5) is 4.53. The Bertz CT molecular complexity index is 440. The number of halogens is 2. The fourth-order valence-electron chi connectivity index (χ4n) is 1.92. The zero-order chi connectivity index (χ0) is 12.5. The van der Waals surface area contributed by atoms with Crippen LogP contribution < -0.4 is 0 Å². The van der Waals surface area contributed by atoms with Crippen LogP contribution in [0.25, 0.3) is 0 Å². The highest BCUT2D eigenvalue weighted by atomic mass is 35.5. The van der Waals surface area contributed by atoms with Crippen LogP contribution in [-0.4, -0.2) is 12.5 Å². The van der Waals surface area contributed by atoms with Gasteiger partial charge in [0.05, 0.1) is 0 Å². The van der Waals surface area contributed by atoms with Gasteiger partial charge in [-0.1, -0.05) is 18.5 Å². The Labute approximate surface area is 105 Å². The molecule has 0 saturated heterocycles. The van der Waals surface area contributed by atoms with Gasteiger partial charge in [0, 0.05) is 11.4 Å². The van der Waals surface area contributed by atoms with Crippen LogP contribution in [0.4, 0.5) is 4.39 Å². The van der Waals surface area contributed by atoms with Crippen molar-refractivity contribution in [2.24, 2.45) is 4.99 Å². The third-order valence-corrected chi connectivity index (χ3v) is 3.06. The number of ether oxygens (including phenoxy) is 1. The topological polar surface area (TPSA) is 21.6 Å². The lowest BCUT2D eigenvalue weighted by molar-refractivity contribution is 0.264. The van der Waals surface area contributed by atoms with Gasteiger partial charge in [-0.05, 0) is 37.1 Å². The van der Waals surface area contributed by atoms with E-state index in [1.807, 2.05) is 6.92 Å². The van der Waals surface area contributed by atoms with Crippen molar-refractivity contribution in [1.82, 2.24) is 0 Å². The Hall–Kier alpha value is -1.09. The van der Waals surface area contributed by atoms with Gasteiger partial charge in [0.1, 0.15) is 18.0 Å². The van der Waals surface area contributed by atoms with Crippen molar-refractivity contribution in [3.05, 3.63) is 34.6 Å². The first kappa shape index (κ1) is 12.4. The molecule has 1 atom stereocenters. The van der Waals surface area contributed by atoms with Gasteiger partial charge in [-0.2, -0.15) is 0 Å². The van der Waals surface area contributed by atoms with E-state index in [0.717, 1.165) is 24.3 Å². The second-order valence-electron chi connectivity index (χ2n) is 4.48. The first-order valence-electron chi connectivity index (χ1n) is 5.71. The van der Waals surface area contributed by atoms with Gasteiger partial charge in [0.2, 0.25) is 0 Å². The highest BCUT2D eigenvalue weighted by Gasteiger charge is 2.33. The molecule has 0 spiro atoms. The number of hydrogen-bond acceptors (Lipinski definition) is 2. The molecule has 1 aromatic carbocycles. The SMILES string of the molecule is CCCC1=NC(C)(c2cc(F)cc(Cl)c2)CO1. The highest BCUT2D eigenvalue weighted by molar-refractivity contribution is 6.30. The molecular formula is C13H15ClFNO. The number of aliphatic imine (C=N–C) groups is 1. The summed E-state index contributed by atoms with van der Waals surface area (Å²) < 4.78 is 18.9. The second-order valence-corrected chi connectivity index (χ2v) is 4.91. The maximum Gasteiger partial charge on any atom is 0.184 e. The molecule has 2 nitrogen and oxygen atoms in total. The fourth-order valence-corrected chi connectivity index (χ4v) is 2.14. The van der Waals surface area contributed by atoms with E-state index in [0.29, 0.717) is 11.6 Å². The molecule has 1 aromatic rings. The highest BCUT2D eigenvalue weighted by Crippen LogP contribution is 2.33. The average Bonchev–Trinajstić information content (AvgIpc) is 2.61. The van der Waals surface area contributed by atoms with Crippen LogP contribution in [0.15, 0.2) is 23.2 Å². The van der Waals surface area contributed by atoms with Crippen molar-refractivity contribution in [3.63, 3.8) is 0 Å². The molecule has 1 heterocycles. The third-order valence-electron chi connectivity index (χ3n) is 2.84. The maximum atomic E-state index is 13.3. The molecule has 2 rings (SSSR count). The molecule has 0 aromatic heterocycles. The Kier molecular flexibility index (Phi) is 3.38. The summed E-state index contributed by atoms with van der Waals surface area (Å²) >= 11 is 5.86. The van der Waals surface area contributed by atoms with E-state index in [1.165, 1.54) is 12.1 Å². The molecule has 1 aliphatic rings. The normalized spacial score (nSPS) is 23.4. The maximum absolute atomic E-state index is 13.3. The van der Waals surface area contributed by atoms with Gasteiger partial charge in [-0.25, -0.2) is 9.38 Å². The number of nitrogens with zero attached hydrogens (tertiary/aromatic N) is 1. The minimum absolute atomic E-state index is 0.340. The molecule has 0 fully saturated rings. The molecular weight excluding hydrogens is 241 g/mol. The molecule has 17 heavy (non-hydrogen) atoms. The van der Waals surface area contributed by atoms with Crippen LogP contribution in [0.2, 0.25) is 5.02 Å². The summed E-state index contributed by atoms with van der Waals surface area (Å²) in [5.74, 6) is 0.406. The van der Waals surface area contributed by atoms with Gasteiger partial charge in [0.25, 0.3) is 0 Å². The van der Waals surface area contributed by atoms with Crippen LogP contribution in [0.3, 0.4) is 0 Å².